The molecule has 134 valence electrons. The summed E-state index contributed by atoms with van der Waals surface area (Å²) in [6.07, 6.45) is 1.32. The van der Waals surface area contributed by atoms with E-state index in [2.05, 4.69) is 0 Å². The number of nitro benzene ring substituents is 1. The second-order valence-electron chi connectivity index (χ2n) is 5.84. The fourth-order valence-corrected chi connectivity index (χ4v) is 2.84. The molecule has 2 aromatic rings. The third-order valence-electron chi connectivity index (χ3n) is 4.12. The van der Waals surface area contributed by atoms with Crippen LogP contribution in [0.15, 0.2) is 42.5 Å². The molecule has 1 aliphatic heterocycles. The molecule has 0 atom stereocenters. The molecule has 0 aliphatic carbocycles. The van der Waals surface area contributed by atoms with Crippen molar-refractivity contribution in [3.63, 3.8) is 0 Å². The van der Waals surface area contributed by atoms with Crippen molar-refractivity contribution in [3.8, 4) is 5.75 Å². The van der Waals surface area contributed by atoms with Gasteiger partial charge in [0.25, 0.3) is 11.6 Å². The minimum atomic E-state index is -0.667. The molecule has 1 aliphatic rings. The standard InChI is InChI=1S/C18H16N2O6/c21-15-6-3-12(4-7-15)18(23)26-11-17(22)19-9-1-2-13-10-14(20(24)25)5-8-16(13)19/h3-8,10,21H,1-2,9,11H2. The molecule has 1 heterocycles. The van der Waals surface area contributed by atoms with Gasteiger partial charge in [-0.2, -0.15) is 0 Å². The first-order valence-corrected chi connectivity index (χ1v) is 7.99. The van der Waals surface area contributed by atoms with Crippen LogP contribution in [-0.2, 0) is 16.0 Å². The number of rotatable bonds is 4. The van der Waals surface area contributed by atoms with E-state index in [9.17, 15) is 24.8 Å². The van der Waals surface area contributed by atoms with Crippen LogP contribution in [0.3, 0.4) is 0 Å². The number of phenolic OH excluding ortho intramolecular Hbond substituents is 1. The van der Waals surface area contributed by atoms with Gasteiger partial charge in [0.05, 0.1) is 10.5 Å². The number of non-ortho nitro benzene ring substituents is 1. The number of nitro groups is 1. The number of carbonyl (C=O) groups excluding carboxylic acids is 2. The number of esters is 1. The van der Waals surface area contributed by atoms with Crippen molar-refractivity contribution in [1.82, 2.24) is 0 Å². The summed E-state index contributed by atoms with van der Waals surface area (Å²) in [5, 5.41) is 20.1. The summed E-state index contributed by atoms with van der Waals surface area (Å²) in [4.78, 5) is 36.3. The van der Waals surface area contributed by atoms with E-state index in [4.69, 9.17) is 4.74 Å². The number of ether oxygens (including phenoxy) is 1. The van der Waals surface area contributed by atoms with Crippen LogP contribution in [-0.4, -0.2) is 35.1 Å². The van der Waals surface area contributed by atoms with E-state index in [1.807, 2.05) is 0 Å². The van der Waals surface area contributed by atoms with E-state index >= 15 is 0 Å². The number of hydrogen-bond acceptors (Lipinski definition) is 6. The molecule has 2 aromatic carbocycles. The highest BCUT2D eigenvalue weighted by Gasteiger charge is 2.25. The van der Waals surface area contributed by atoms with Gasteiger partial charge < -0.3 is 14.7 Å². The fraction of sp³-hybridized carbons (Fsp3) is 0.222. The van der Waals surface area contributed by atoms with Gasteiger partial charge in [-0.05, 0) is 48.7 Å². The van der Waals surface area contributed by atoms with Gasteiger partial charge in [0.1, 0.15) is 5.75 Å². The number of phenols is 1. The number of aromatic hydroxyl groups is 1. The molecule has 0 fully saturated rings. The van der Waals surface area contributed by atoms with E-state index in [-0.39, 0.29) is 17.0 Å². The molecule has 0 saturated heterocycles. The number of carbonyl (C=O) groups is 2. The average Bonchev–Trinajstić information content (AvgIpc) is 2.65. The first-order chi connectivity index (χ1) is 12.5. The minimum absolute atomic E-state index is 0.0168. The maximum Gasteiger partial charge on any atom is 0.338 e. The molecule has 3 rings (SSSR count). The van der Waals surface area contributed by atoms with E-state index in [0.717, 1.165) is 5.56 Å². The lowest BCUT2D eigenvalue weighted by Crippen LogP contribution is -2.38. The van der Waals surface area contributed by atoms with Gasteiger partial charge in [-0.1, -0.05) is 0 Å². The first kappa shape index (κ1) is 17.4. The number of amides is 1. The largest absolute Gasteiger partial charge is 0.508 e. The van der Waals surface area contributed by atoms with Gasteiger partial charge in [0, 0.05) is 24.4 Å². The molecule has 0 radical (unpaired) electrons. The van der Waals surface area contributed by atoms with Gasteiger partial charge in [0.2, 0.25) is 0 Å². The van der Waals surface area contributed by atoms with Crippen molar-refractivity contribution in [3.05, 3.63) is 63.7 Å². The molecule has 0 saturated carbocycles. The van der Waals surface area contributed by atoms with Crippen LogP contribution in [0.5, 0.6) is 5.75 Å². The maximum atomic E-state index is 12.4. The van der Waals surface area contributed by atoms with Crippen LogP contribution in [0.25, 0.3) is 0 Å². The van der Waals surface area contributed by atoms with E-state index < -0.39 is 23.4 Å². The Balaban J connectivity index is 1.68. The molecule has 1 amide bonds. The van der Waals surface area contributed by atoms with Crippen molar-refractivity contribution in [2.75, 3.05) is 18.1 Å². The summed E-state index contributed by atoms with van der Waals surface area (Å²) in [6, 6.07) is 9.88. The minimum Gasteiger partial charge on any atom is -0.508 e. The Labute approximate surface area is 148 Å². The van der Waals surface area contributed by atoms with Crippen molar-refractivity contribution < 1.29 is 24.4 Å². The number of fused-ring (bicyclic) bond motifs is 1. The smallest absolute Gasteiger partial charge is 0.338 e. The average molecular weight is 356 g/mol. The van der Waals surface area contributed by atoms with Gasteiger partial charge in [-0.3, -0.25) is 14.9 Å². The molecule has 8 heteroatoms. The van der Waals surface area contributed by atoms with Crippen molar-refractivity contribution in [2.45, 2.75) is 12.8 Å². The molecule has 0 aromatic heterocycles. The summed E-state index contributed by atoms with van der Waals surface area (Å²) in [6.45, 7) is 0.0243. The van der Waals surface area contributed by atoms with E-state index in [1.54, 1.807) is 6.07 Å². The highest BCUT2D eigenvalue weighted by Crippen LogP contribution is 2.30. The molecule has 8 nitrogen and oxygen atoms in total. The van der Waals surface area contributed by atoms with Crippen LogP contribution in [0.4, 0.5) is 11.4 Å². The first-order valence-electron chi connectivity index (χ1n) is 7.99. The van der Waals surface area contributed by atoms with Gasteiger partial charge in [-0.25, -0.2) is 4.79 Å². The third-order valence-corrected chi connectivity index (χ3v) is 4.12. The molecular weight excluding hydrogens is 340 g/mol. The maximum absolute atomic E-state index is 12.4. The number of aryl methyl sites for hydroxylation is 1. The number of hydrogen-bond donors (Lipinski definition) is 1. The van der Waals surface area contributed by atoms with E-state index in [0.29, 0.717) is 25.1 Å². The zero-order valence-electron chi connectivity index (χ0n) is 13.8. The second kappa shape index (κ2) is 7.22. The highest BCUT2D eigenvalue weighted by atomic mass is 16.6. The molecule has 0 unspecified atom stereocenters. The molecule has 0 spiro atoms. The summed E-state index contributed by atoms with van der Waals surface area (Å²) < 4.78 is 5.04. The second-order valence-corrected chi connectivity index (χ2v) is 5.84. The molecular formula is C18H16N2O6. The predicted molar refractivity (Wildman–Crippen MR) is 92.2 cm³/mol. The summed E-state index contributed by atoms with van der Waals surface area (Å²) in [5.74, 6) is -1.04. The molecule has 26 heavy (non-hydrogen) atoms. The van der Waals surface area contributed by atoms with Crippen molar-refractivity contribution in [1.29, 1.82) is 0 Å². The van der Waals surface area contributed by atoms with Gasteiger partial charge in [-0.15, -0.1) is 0 Å². The number of nitrogens with zero attached hydrogens (tertiary/aromatic N) is 2. The quantitative estimate of drug-likeness (QED) is 0.512. The Morgan fingerprint density at radius 3 is 2.62 bits per heavy atom. The zero-order valence-corrected chi connectivity index (χ0v) is 13.8. The van der Waals surface area contributed by atoms with E-state index in [1.165, 1.54) is 41.3 Å². The van der Waals surface area contributed by atoms with Crippen LogP contribution < -0.4 is 4.90 Å². The number of anilines is 1. The normalized spacial score (nSPS) is 13.0. The summed E-state index contributed by atoms with van der Waals surface area (Å²) in [7, 11) is 0. The van der Waals surface area contributed by atoms with Crippen LogP contribution in [0.2, 0.25) is 0 Å². The lowest BCUT2D eigenvalue weighted by Gasteiger charge is -2.29. The topological polar surface area (TPSA) is 110 Å². The Bertz CT molecular complexity index is 862. The number of benzene rings is 2. The van der Waals surface area contributed by atoms with Gasteiger partial charge >= 0.3 is 5.97 Å². The predicted octanol–water partition coefficient (Wildman–Crippen LogP) is 2.44. The van der Waals surface area contributed by atoms with Crippen molar-refractivity contribution >= 4 is 23.3 Å². The Morgan fingerprint density at radius 2 is 1.92 bits per heavy atom. The van der Waals surface area contributed by atoms with Crippen LogP contribution in [0.1, 0.15) is 22.3 Å². The monoisotopic (exact) mass is 356 g/mol. The SMILES string of the molecule is O=C(OCC(=O)N1CCCc2cc([N+](=O)[O-])ccc21)c1ccc(O)cc1. The fourth-order valence-electron chi connectivity index (χ4n) is 2.84. The molecule has 1 N–H and O–H groups in total. The summed E-state index contributed by atoms with van der Waals surface area (Å²) in [5.41, 5.74) is 1.54. The van der Waals surface area contributed by atoms with Crippen LogP contribution >= 0.6 is 0 Å². The Kier molecular flexibility index (Phi) is 4.83. The third kappa shape index (κ3) is 3.64. The van der Waals surface area contributed by atoms with Gasteiger partial charge in [0.15, 0.2) is 6.61 Å². The molecule has 0 bridgehead atoms. The highest BCUT2D eigenvalue weighted by molar-refractivity contribution is 5.98. The zero-order chi connectivity index (χ0) is 18.7. The Hall–Kier alpha value is -3.42. The van der Waals surface area contributed by atoms with Crippen molar-refractivity contribution in [2.24, 2.45) is 0 Å². The lowest BCUT2D eigenvalue weighted by molar-refractivity contribution is -0.384. The lowest BCUT2D eigenvalue weighted by atomic mass is 10.0. The van der Waals surface area contributed by atoms with Crippen LogP contribution in [0, 0.1) is 10.1 Å². The summed E-state index contributed by atoms with van der Waals surface area (Å²) >= 11 is 0. The Morgan fingerprint density at radius 1 is 1.19 bits per heavy atom.